The van der Waals surface area contributed by atoms with Crippen LogP contribution in [-0.2, 0) is 0 Å². The minimum absolute atomic E-state index is 0.454. The molecule has 2 N–H and O–H groups in total. The highest BCUT2D eigenvalue weighted by atomic mass is 32.1. The molecule has 0 aliphatic carbocycles. The number of hydrogen-bond acceptors (Lipinski definition) is 3. The number of ether oxygens (including phenoxy) is 1. The molecule has 5 heteroatoms. The summed E-state index contributed by atoms with van der Waals surface area (Å²) in [4.78, 5) is 4.15. The Morgan fingerprint density at radius 1 is 1.38 bits per heavy atom. The molecule has 0 saturated carbocycles. The Morgan fingerprint density at radius 2 is 2.25 bits per heavy atom. The maximum atomic E-state index is 5.55. The summed E-state index contributed by atoms with van der Waals surface area (Å²) < 4.78 is 6.00. The van der Waals surface area contributed by atoms with Crippen LogP contribution in [0.1, 0.15) is 13.3 Å². The predicted molar refractivity (Wildman–Crippen MR) is 65.0 cm³/mol. The van der Waals surface area contributed by atoms with E-state index in [0.29, 0.717) is 4.77 Å². The molecule has 1 aromatic carbocycles. The van der Waals surface area contributed by atoms with E-state index in [0.717, 1.165) is 30.2 Å². The first kappa shape index (κ1) is 10.9. The molecule has 16 heavy (non-hydrogen) atoms. The van der Waals surface area contributed by atoms with E-state index in [2.05, 4.69) is 22.1 Å². The first-order chi connectivity index (χ1) is 7.79. The van der Waals surface area contributed by atoms with Crippen LogP contribution in [0.15, 0.2) is 24.3 Å². The third-order valence-electron chi connectivity index (χ3n) is 2.08. The minimum atomic E-state index is 0.454. The van der Waals surface area contributed by atoms with Crippen LogP contribution >= 0.6 is 12.2 Å². The average molecular weight is 235 g/mol. The molecule has 0 fully saturated rings. The zero-order valence-electron chi connectivity index (χ0n) is 8.99. The molecule has 0 aliphatic heterocycles. The second-order valence-corrected chi connectivity index (χ2v) is 3.78. The highest BCUT2D eigenvalue weighted by Gasteiger charge is 2.02. The molecule has 84 valence electrons. The van der Waals surface area contributed by atoms with Crippen molar-refractivity contribution >= 4 is 12.2 Å². The third-order valence-corrected chi connectivity index (χ3v) is 2.27. The first-order valence-corrected chi connectivity index (χ1v) is 5.58. The second kappa shape index (κ2) is 4.94. The summed E-state index contributed by atoms with van der Waals surface area (Å²) in [7, 11) is 0. The van der Waals surface area contributed by atoms with Crippen LogP contribution < -0.4 is 4.74 Å². The second-order valence-electron chi connectivity index (χ2n) is 3.39. The molecule has 0 radical (unpaired) electrons. The molecule has 0 unspecified atom stereocenters. The molecular weight excluding hydrogens is 222 g/mol. The van der Waals surface area contributed by atoms with Gasteiger partial charge >= 0.3 is 0 Å². The number of hydrogen-bond donors (Lipinski definition) is 2. The van der Waals surface area contributed by atoms with Gasteiger partial charge in [0.05, 0.1) is 6.61 Å². The highest BCUT2D eigenvalue weighted by Crippen LogP contribution is 2.20. The maximum absolute atomic E-state index is 5.55. The highest BCUT2D eigenvalue weighted by molar-refractivity contribution is 7.71. The Bertz CT molecular complexity index is 518. The van der Waals surface area contributed by atoms with E-state index in [1.807, 2.05) is 24.3 Å². The Kier molecular flexibility index (Phi) is 3.36. The molecule has 0 saturated heterocycles. The quantitative estimate of drug-likeness (QED) is 0.801. The number of nitrogens with zero attached hydrogens (tertiary/aromatic N) is 1. The van der Waals surface area contributed by atoms with Crippen LogP contribution in [0.25, 0.3) is 11.4 Å². The summed E-state index contributed by atoms with van der Waals surface area (Å²) >= 11 is 4.91. The van der Waals surface area contributed by atoms with Crippen LogP contribution in [0.5, 0.6) is 5.75 Å². The topological polar surface area (TPSA) is 53.7 Å². The Morgan fingerprint density at radius 3 is 2.94 bits per heavy atom. The van der Waals surface area contributed by atoms with E-state index in [9.17, 15) is 0 Å². The fourth-order valence-corrected chi connectivity index (χ4v) is 1.50. The van der Waals surface area contributed by atoms with Gasteiger partial charge in [-0.1, -0.05) is 19.1 Å². The number of H-pyrrole nitrogens is 2. The Balaban J connectivity index is 2.25. The summed E-state index contributed by atoms with van der Waals surface area (Å²) in [5.74, 6) is 1.58. The van der Waals surface area contributed by atoms with E-state index in [-0.39, 0.29) is 0 Å². The van der Waals surface area contributed by atoms with Gasteiger partial charge in [0.15, 0.2) is 5.82 Å². The zero-order chi connectivity index (χ0) is 11.4. The molecule has 1 aromatic heterocycles. The maximum Gasteiger partial charge on any atom is 0.213 e. The minimum Gasteiger partial charge on any atom is -0.494 e. The predicted octanol–water partition coefficient (Wildman–Crippen LogP) is 2.92. The van der Waals surface area contributed by atoms with Crippen molar-refractivity contribution < 1.29 is 4.74 Å². The smallest absolute Gasteiger partial charge is 0.213 e. The van der Waals surface area contributed by atoms with Crippen molar-refractivity contribution in [2.45, 2.75) is 13.3 Å². The number of aromatic nitrogens is 3. The molecular formula is C11H13N3OS. The molecule has 0 amide bonds. The molecule has 1 heterocycles. The number of benzene rings is 1. The monoisotopic (exact) mass is 235 g/mol. The fourth-order valence-electron chi connectivity index (χ4n) is 1.36. The van der Waals surface area contributed by atoms with Crippen LogP contribution in [0.4, 0.5) is 0 Å². The first-order valence-electron chi connectivity index (χ1n) is 5.17. The van der Waals surface area contributed by atoms with Gasteiger partial charge in [-0.15, -0.1) is 0 Å². The van der Waals surface area contributed by atoms with Crippen LogP contribution in [0.2, 0.25) is 0 Å². The molecule has 2 rings (SSSR count). The van der Waals surface area contributed by atoms with Gasteiger partial charge in [-0.05, 0) is 30.8 Å². The molecule has 0 spiro atoms. The molecule has 4 nitrogen and oxygen atoms in total. The lowest BCUT2D eigenvalue weighted by atomic mass is 10.2. The van der Waals surface area contributed by atoms with Gasteiger partial charge in [0, 0.05) is 5.56 Å². The van der Waals surface area contributed by atoms with Crippen molar-refractivity contribution in [1.29, 1.82) is 0 Å². The van der Waals surface area contributed by atoms with Crippen molar-refractivity contribution in [3.05, 3.63) is 29.0 Å². The molecule has 0 aliphatic rings. The lowest BCUT2D eigenvalue weighted by Gasteiger charge is -2.05. The van der Waals surface area contributed by atoms with Crippen LogP contribution in [0.3, 0.4) is 0 Å². The molecule has 0 atom stereocenters. The zero-order valence-corrected chi connectivity index (χ0v) is 9.80. The van der Waals surface area contributed by atoms with E-state index >= 15 is 0 Å². The van der Waals surface area contributed by atoms with E-state index in [1.54, 1.807) is 0 Å². The number of nitrogens with one attached hydrogen (secondary N) is 2. The van der Waals surface area contributed by atoms with Crippen molar-refractivity contribution in [3.63, 3.8) is 0 Å². The summed E-state index contributed by atoms with van der Waals surface area (Å²) in [6.07, 6.45) is 0.995. The van der Waals surface area contributed by atoms with E-state index < -0.39 is 0 Å². The number of rotatable bonds is 4. The summed E-state index contributed by atoms with van der Waals surface area (Å²) in [6, 6.07) is 7.77. The van der Waals surface area contributed by atoms with Gasteiger partial charge in [0.1, 0.15) is 5.75 Å². The Hall–Kier alpha value is -1.62. The van der Waals surface area contributed by atoms with Crippen molar-refractivity contribution in [2.24, 2.45) is 0 Å². The molecule has 0 bridgehead atoms. The van der Waals surface area contributed by atoms with E-state index in [4.69, 9.17) is 17.0 Å². The molecule has 2 aromatic rings. The number of aromatic amines is 2. The lowest BCUT2D eigenvalue weighted by molar-refractivity contribution is 0.317. The summed E-state index contributed by atoms with van der Waals surface area (Å²) in [5.41, 5.74) is 0.959. The van der Waals surface area contributed by atoms with Gasteiger partial charge < -0.3 is 4.74 Å². The van der Waals surface area contributed by atoms with Gasteiger partial charge in [-0.2, -0.15) is 4.98 Å². The van der Waals surface area contributed by atoms with Gasteiger partial charge in [-0.25, -0.2) is 0 Å². The summed E-state index contributed by atoms with van der Waals surface area (Å²) in [5, 5.41) is 5.68. The van der Waals surface area contributed by atoms with Crippen LogP contribution in [-0.4, -0.2) is 21.8 Å². The fraction of sp³-hybridized carbons (Fsp3) is 0.273. The Labute approximate surface area is 98.7 Å². The average Bonchev–Trinajstić information content (AvgIpc) is 2.74. The van der Waals surface area contributed by atoms with Gasteiger partial charge in [0.25, 0.3) is 0 Å². The normalized spacial score (nSPS) is 10.3. The van der Waals surface area contributed by atoms with Crippen molar-refractivity contribution in [2.75, 3.05) is 6.61 Å². The third kappa shape index (κ3) is 2.49. The standard InChI is InChI=1S/C11H13N3OS/c1-2-6-15-9-5-3-4-8(7-9)10-12-11(16)14-13-10/h3-5,7H,2,6H2,1H3,(H2,12,13,14,16). The SMILES string of the molecule is CCCOc1cccc(-c2nc(=S)[nH][nH]2)c1. The van der Waals surface area contributed by atoms with E-state index in [1.165, 1.54) is 0 Å². The lowest BCUT2D eigenvalue weighted by Crippen LogP contribution is -1.94. The van der Waals surface area contributed by atoms with Gasteiger partial charge in [0.2, 0.25) is 4.77 Å². The largest absolute Gasteiger partial charge is 0.494 e. The van der Waals surface area contributed by atoms with Crippen molar-refractivity contribution in [1.82, 2.24) is 15.2 Å². The summed E-state index contributed by atoms with van der Waals surface area (Å²) in [6.45, 7) is 2.80. The van der Waals surface area contributed by atoms with Crippen molar-refractivity contribution in [3.8, 4) is 17.1 Å². The van der Waals surface area contributed by atoms with Crippen LogP contribution in [0, 0.1) is 4.77 Å². The van der Waals surface area contributed by atoms with Gasteiger partial charge in [-0.3, -0.25) is 10.2 Å².